The number of methoxy groups -OCH3 is 1. The molecule has 0 N–H and O–H groups in total. The molecule has 1 heterocycles. The summed E-state index contributed by atoms with van der Waals surface area (Å²) < 4.78 is 31.2. The molecule has 0 spiro atoms. The van der Waals surface area contributed by atoms with Gasteiger partial charge in [-0.15, -0.1) is 11.6 Å². The first kappa shape index (κ1) is 14.7. The third kappa shape index (κ3) is 2.60. The number of halogens is 3. The Balaban J connectivity index is 2.47. The zero-order valence-electron chi connectivity index (χ0n) is 10.7. The van der Waals surface area contributed by atoms with Crippen LogP contribution in [0.2, 0.25) is 0 Å². The van der Waals surface area contributed by atoms with Crippen LogP contribution in [0.15, 0.2) is 12.1 Å². The Morgan fingerprint density at radius 1 is 1.45 bits per heavy atom. The van der Waals surface area contributed by atoms with Gasteiger partial charge in [-0.1, -0.05) is 0 Å². The lowest BCUT2D eigenvalue weighted by Gasteiger charge is -2.19. The Bertz CT molecular complexity index is 565. The Hall–Kier alpha value is -1.69. The Labute approximate surface area is 119 Å². The molecule has 7 heteroatoms. The monoisotopic (exact) mass is 303 g/mol. The second kappa shape index (κ2) is 5.75. The summed E-state index contributed by atoms with van der Waals surface area (Å²) in [5.74, 6) is -3.22. The van der Waals surface area contributed by atoms with Crippen molar-refractivity contribution in [3.05, 3.63) is 29.3 Å². The SMILES string of the molecule is COC(=O)c1cc(F)c(F)cc1N1CC(CCl)CC1=O. The fourth-order valence-electron chi connectivity index (χ4n) is 2.15. The van der Waals surface area contributed by atoms with Crippen LogP contribution in [0.1, 0.15) is 16.8 Å². The Kier molecular flexibility index (Phi) is 4.23. The molecule has 1 atom stereocenters. The standard InChI is InChI=1S/C13H12ClF2NO3/c1-20-13(19)8-3-9(15)10(16)4-11(8)17-6-7(5-14)2-12(17)18/h3-4,7H,2,5-6H2,1H3. The summed E-state index contributed by atoms with van der Waals surface area (Å²) in [5.41, 5.74) is -0.177. The van der Waals surface area contributed by atoms with Crippen LogP contribution in [0.25, 0.3) is 0 Å². The molecular weight excluding hydrogens is 292 g/mol. The van der Waals surface area contributed by atoms with Crippen molar-refractivity contribution in [2.24, 2.45) is 5.92 Å². The zero-order valence-corrected chi connectivity index (χ0v) is 11.4. The first-order valence-electron chi connectivity index (χ1n) is 5.91. The van der Waals surface area contributed by atoms with Crippen molar-refractivity contribution in [2.45, 2.75) is 6.42 Å². The van der Waals surface area contributed by atoms with Crippen LogP contribution >= 0.6 is 11.6 Å². The van der Waals surface area contributed by atoms with E-state index in [1.54, 1.807) is 0 Å². The molecule has 1 aromatic rings. The number of nitrogens with zero attached hydrogens (tertiary/aromatic N) is 1. The van der Waals surface area contributed by atoms with E-state index >= 15 is 0 Å². The lowest BCUT2D eigenvalue weighted by Crippen LogP contribution is -2.27. The summed E-state index contributed by atoms with van der Waals surface area (Å²) in [7, 11) is 1.13. The van der Waals surface area contributed by atoms with Crippen LogP contribution in [-0.2, 0) is 9.53 Å². The molecular formula is C13H12ClF2NO3. The quantitative estimate of drug-likeness (QED) is 0.636. The van der Waals surface area contributed by atoms with E-state index in [0.29, 0.717) is 0 Å². The number of hydrogen-bond donors (Lipinski definition) is 0. The Morgan fingerprint density at radius 2 is 2.10 bits per heavy atom. The van der Waals surface area contributed by atoms with Gasteiger partial charge in [-0.2, -0.15) is 0 Å². The average molecular weight is 304 g/mol. The predicted octanol–water partition coefficient (Wildman–Crippen LogP) is 2.34. The summed E-state index contributed by atoms with van der Waals surface area (Å²) in [6.45, 7) is 0.261. The van der Waals surface area contributed by atoms with Crippen molar-refractivity contribution >= 4 is 29.2 Å². The highest BCUT2D eigenvalue weighted by Gasteiger charge is 2.33. The molecule has 1 aliphatic rings. The average Bonchev–Trinajstić information content (AvgIpc) is 2.81. The summed E-state index contributed by atoms with van der Waals surface area (Å²) in [6, 6.07) is 1.56. The first-order chi connectivity index (χ1) is 9.47. The van der Waals surface area contributed by atoms with Gasteiger partial charge in [-0.3, -0.25) is 4.79 Å². The first-order valence-corrected chi connectivity index (χ1v) is 6.45. The highest BCUT2D eigenvalue weighted by atomic mass is 35.5. The molecule has 108 valence electrons. The van der Waals surface area contributed by atoms with Gasteiger partial charge in [0.25, 0.3) is 0 Å². The van der Waals surface area contributed by atoms with E-state index in [0.717, 1.165) is 19.2 Å². The van der Waals surface area contributed by atoms with E-state index in [-0.39, 0.29) is 41.9 Å². The van der Waals surface area contributed by atoms with E-state index in [1.165, 1.54) is 4.90 Å². The summed E-state index contributed by atoms with van der Waals surface area (Å²) in [5, 5.41) is 0. The number of amides is 1. The van der Waals surface area contributed by atoms with Crippen LogP contribution < -0.4 is 4.90 Å². The van der Waals surface area contributed by atoms with Gasteiger partial charge in [0.05, 0.1) is 18.4 Å². The maximum Gasteiger partial charge on any atom is 0.340 e. The Morgan fingerprint density at radius 3 is 2.65 bits per heavy atom. The van der Waals surface area contributed by atoms with Gasteiger partial charge in [-0.05, 0) is 12.0 Å². The smallest absolute Gasteiger partial charge is 0.340 e. The maximum atomic E-state index is 13.4. The van der Waals surface area contributed by atoms with Crippen LogP contribution in [0.5, 0.6) is 0 Å². The lowest BCUT2D eigenvalue weighted by molar-refractivity contribution is -0.117. The fraction of sp³-hybridized carbons (Fsp3) is 0.385. The van der Waals surface area contributed by atoms with Gasteiger partial charge >= 0.3 is 5.97 Å². The number of carbonyl (C=O) groups excluding carboxylic acids is 2. The largest absolute Gasteiger partial charge is 0.465 e. The molecule has 1 saturated heterocycles. The molecule has 0 aliphatic carbocycles. The minimum atomic E-state index is -1.17. The van der Waals surface area contributed by atoms with Crippen molar-refractivity contribution in [3.63, 3.8) is 0 Å². The molecule has 2 rings (SSSR count). The van der Waals surface area contributed by atoms with Gasteiger partial charge in [0, 0.05) is 24.9 Å². The number of ether oxygens (including phenoxy) is 1. The number of benzene rings is 1. The van der Waals surface area contributed by atoms with Gasteiger partial charge in [0.15, 0.2) is 11.6 Å². The van der Waals surface area contributed by atoms with Crippen molar-refractivity contribution < 1.29 is 23.1 Å². The lowest BCUT2D eigenvalue weighted by atomic mass is 10.1. The molecule has 4 nitrogen and oxygen atoms in total. The van der Waals surface area contributed by atoms with Gasteiger partial charge < -0.3 is 9.64 Å². The van der Waals surface area contributed by atoms with Crippen molar-refractivity contribution in [2.75, 3.05) is 24.4 Å². The zero-order chi connectivity index (χ0) is 14.9. The highest BCUT2D eigenvalue weighted by molar-refractivity contribution is 6.18. The molecule has 20 heavy (non-hydrogen) atoms. The minimum Gasteiger partial charge on any atom is -0.465 e. The second-order valence-corrected chi connectivity index (χ2v) is 4.81. The van der Waals surface area contributed by atoms with Gasteiger partial charge in [-0.25, -0.2) is 13.6 Å². The van der Waals surface area contributed by atoms with E-state index in [9.17, 15) is 18.4 Å². The van der Waals surface area contributed by atoms with Gasteiger partial charge in [0.2, 0.25) is 5.91 Å². The number of esters is 1. The van der Waals surface area contributed by atoms with Crippen molar-refractivity contribution in [1.29, 1.82) is 0 Å². The normalized spacial score (nSPS) is 18.5. The molecule has 0 bridgehead atoms. The van der Waals surface area contributed by atoms with E-state index < -0.39 is 17.6 Å². The number of rotatable bonds is 3. The molecule has 0 aromatic heterocycles. The molecule has 1 aliphatic heterocycles. The molecule has 1 unspecified atom stereocenters. The van der Waals surface area contributed by atoms with Crippen molar-refractivity contribution in [3.8, 4) is 0 Å². The number of alkyl halides is 1. The van der Waals surface area contributed by atoms with Crippen molar-refractivity contribution in [1.82, 2.24) is 0 Å². The van der Waals surface area contributed by atoms with Crippen LogP contribution in [0.4, 0.5) is 14.5 Å². The topological polar surface area (TPSA) is 46.6 Å². The van der Waals surface area contributed by atoms with Crippen LogP contribution in [0.3, 0.4) is 0 Å². The third-order valence-electron chi connectivity index (χ3n) is 3.16. The van der Waals surface area contributed by atoms with E-state index in [4.69, 9.17) is 11.6 Å². The van der Waals surface area contributed by atoms with E-state index in [1.807, 2.05) is 0 Å². The summed E-state index contributed by atoms with van der Waals surface area (Å²) >= 11 is 5.71. The molecule has 1 amide bonds. The minimum absolute atomic E-state index is 0.00775. The molecule has 0 saturated carbocycles. The fourth-order valence-corrected chi connectivity index (χ4v) is 2.36. The molecule has 1 aromatic carbocycles. The highest BCUT2D eigenvalue weighted by Crippen LogP contribution is 2.30. The summed E-state index contributed by atoms with van der Waals surface area (Å²) in [6.07, 6.45) is 0.211. The van der Waals surface area contributed by atoms with Crippen LogP contribution in [0, 0.1) is 17.6 Å². The van der Waals surface area contributed by atoms with Gasteiger partial charge in [0.1, 0.15) is 0 Å². The second-order valence-electron chi connectivity index (χ2n) is 4.50. The molecule has 0 radical (unpaired) electrons. The molecule has 1 fully saturated rings. The predicted molar refractivity (Wildman–Crippen MR) is 68.9 cm³/mol. The number of anilines is 1. The maximum absolute atomic E-state index is 13.4. The number of hydrogen-bond acceptors (Lipinski definition) is 3. The van der Waals surface area contributed by atoms with E-state index in [2.05, 4.69) is 4.74 Å². The number of carbonyl (C=O) groups is 2. The summed E-state index contributed by atoms with van der Waals surface area (Å²) in [4.78, 5) is 24.8. The van der Waals surface area contributed by atoms with Crippen LogP contribution in [-0.4, -0.2) is 31.4 Å². The third-order valence-corrected chi connectivity index (χ3v) is 3.59.